The maximum absolute atomic E-state index is 12.2. The molecule has 0 aromatic heterocycles. The van der Waals surface area contributed by atoms with Crippen molar-refractivity contribution < 1.29 is 19.2 Å². The molecule has 0 fully saturated rings. The van der Waals surface area contributed by atoms with Crippen LogP contribution in [0.15, 0.2) is 42.5 Å². The maximum atomic E-state index is 12.2. The van der Waals surface area contributed by atoms with E-state index in [0.717, 1.165) is 6.07 Å². The molecular formula is C17H16ClN3O5. The zero-order chi connectivity index (χ0) is 19.3. The van der Waals surface area contributed by atoms with E-state index in [9.17, 15) is 19.7 Å². The van der Waals surface area contributed by atoms with Crippen LogP contribution in [0.5, 0.6) is 0 Å². The number of hydrogen-bond acceptors (Lipinski definition) is 6. The largest absolute Gasteiger partial charge is 0.449 e. The Morgan fingerprint density at radius 2 is 1.96 bits per heavy atom. The summed E-state index contributed by atoms with van der Waals surface area (Å²) in [7, 11) is 1.53. The Morgan fingerprint density at radius 3 is 2.58 bits per heavy atom. The van der Waals surface area contributed by atoms with Crippen molar-refractivity contribution in [1.29, 1.82) is 0 Å². The van der Waals surface area contributed by atoms with Gasteiger partial charge in [0.2, 0.25) is 0 Å². The third-order valence-electron chi connectivity index (χ3n) is 3.44. The summed E-state index contributed by atoms with van der Waals surface area (Å²) in [5.74, 6) is -1.40. The molecule has 136 valence electrons. The molecule has 0 aliphatic rings. The fourth-order valence-corrected chi connectivity index (χ4v) is 2.30. The van der Waals surface area contributed by atoms with Crippen LogP contribution >= 0.6 is 11.6 Å². The van der Waals surface area contributed by atoms with Crippen LogP contribution in [0.3, 0.4) is 0 Å². The molecule has 2 N–H and O–H groups in total. The predicted octanol–water partition coefficient (Wildman–Crippen LogP) is 3.47. The van der Waals surface area contributed by atoms with Gasteiger partial charge in [0.25, 0.3) is 11.6 Å². The quantitative estimate of drug-likeness (QED) is 0.453. The van der Waals surface area contributed by atoms with Crippen molar-refractivity contribution in [2.24, 2.45) is 0 Å². The van der Waals surface area contributed by atoms with E-state index in [4.69, 9.17) is 16.3 Å². The van der Waals surface area contributed by atoms with Gasteiger partial charge in [-0.05, 0) is 37.3 Å². The number of halogens is 1. The van der Waals surface area contributed by atoms with Crippen molar-refractivity contribution in [3.8, 4) is 0 Å². The molecule has 0 aliphatic carbocycles. The number of nitro benzene ring substituents is 1. The van der Waals surface area contributed by atoms with Gasteiger partial charge in [0.15, 0.2) is 6.10 Å². The Bertz CT molecular complexity index is 856. The second-order valence-electron chi connectivity index (χ2n) is 5.29. The number of benzene rings is 2. The van der Waals surface area contributed by atoms with Gasteiger partial charge in [-0.2, -0.15) is 0 Å². The van der Waals surface area contributed by atoms with Crippen molar-refractivity contribution in [3.63, 3.8) is 0 Å². The minimum Gasteiger partial charge on any atom is -0.449 e. The van der Waals surface area contributed by atoms with Crippen LogP contribution in [0, 0.1) is 10.1 Å². The summed E-state index contributed by atoms with van der Waals surface area (Å²) >= 11 is 5.84. The average molecular weight is 378 g/mol. The molecular weight excluding hydrogens is 362 g/mol. The number of nitrogens with zero attached hydrogens (tertiary/aromatic N) is 1. The lowest BCUT2D eigenvalue weighted by atomic mass is 10.1. The van der Waals surface area contributed by atoms with Crippen LogP contribution < -0.4 is 10.6 Å². The molecule has 0 radical (unpaired) electrons. The first-order valence-electron chi connectivity index (χ1n) is 7.55. The first-order valence-corrected chi connectivity index (χ1v) is 7.93. The summed E-state index contributed by atoms with van der Waals surface area (Å²) in [4.78, 5) is 34.7. The van der Waals surface area contributed by atoms with Gasteiger partial charge in [-0.1, -0.05) is 17.7 Å². The van der Waals surface area contributed by atoms with Crippen molar-refractivity contribution in [2.75, 3.05) is 17.7 Å². The molecule has 2 aromatic carbocycles. The lowest BCUT2D eigenvalue weighted by molar-refractivity contribution is -0.384. The van der Waals surface area contributed by atoms with E-state index in [-0.39, 0.29) is 16.9 Å². The maximum Gasteiger partial charge on any atom is 0.339 e. The van der Waals surface area contributed by atoms with E-state index in [1.165, 1.54) is 26.1 Å². The summed E-state index contributed by atoms with van der Waals surface area (Å²) in [5, 5.41) is 16.7. The van der Waals surface area contributed by atoms with Gasteiger partial charge in [0, 0.05) is 23.8 Å². The number of carbonyl (C=O) groups excluding carboxylic acids is 2. The monoisotopic (exact) mass is 377 g/mol. The lowest BCUT2D eigenvalue weighted by Crippen LogP contribution is -2.30. The Balaban J connectivity index is 2.07. The van der Waals surface area contributed by atoms with Crippen LogP contribution in [0.2, 0.25) is 5.02 Å². The highest BCUT2D eigenvalue weighted by molar-refractivity contribution is 6.30. The third-order valence-corrected chi connectivity index (χ3v) is 3.68. The Labute approximate surface area is 154 Å². The second-order valence-corrected chi connectivity index (χ2v) is 5.72. The van der Waals surface area contributed by atoms with Crippen LogP contribution in [0.1, 0.15) is 17.3 Å². The van der Waals surface area contributed by atoms with E-state index in [1.54, 1.807) is 24.3 Å². The molecule has 0 bridgehead atoms. The molecule has 8 nitrogen and oxygen atoms in total. The van der Waals surface area contributed by atoms with Crippen molar-refractivity contribution in [2.45, 2.75) is 13.0 Å². The first kappa shape index (κ1) is 19.2. The van der Waals surface area contributed by atoms with Gasteiger partial charge in [0.05, 0.1) is 10.5 Å². The van der Waals surface area contributed by atoms with E-state index < -0.39 is 22.9 Å². The summed E-state index contributed by atoms with van der Waals surface area (Å²) < 4.78 is 5.08. The molecule has 1 unspecified atom stereocenters. The smallest absolute Gasteiger partial charge is 0.339 e. The molecule has 1 amide bonds. The Hall–Kier alpha value is -3.13. The van der Waals surface area contributed by atoms with E-state index in [1.807, 2.05) is 0 Å². The van der Waals surface area contributed by atoms with Crippen molar-refractivity contribution in [1.82, 2.24) is 0 Å². The SMILES string of the molecule is CNc1ccc(C(=O)OC(C)C(=O)Nc2cccc(Cl)c2)cc1[N+](=O)[O-]. The first-order chi connectivity index (χ1) is 12.3. The number of nitrogens with one attached hydrogen (secondary N) is 2. The number of hydrogen-bond donors (Lipinski definition) is 2. The van der Waals surface area contributed by atoms with E-state index in [2.05, 4.69) is 10.6 Å². The molecule has 2 aromatic rings. The minimum absolute atomic E-state index is 0.0295. The predicted molar refractivity (Wildman–Crippen MR) is 97.6 cm³/mol. The average Bonchev–Trinajstić information content (AvgIpc) is 2.60. The van der Waals surface area contributed by atoms with Crippen LogP contribution in [-0.4, -0.2) is 30.0 Å². The number of amides is 1. The van der Waals surface area contributed by atoms with Crippen molar-refractivity contribution >= 4 is 40.5 Å². The fourth-order valence-electron chi connectivity index (χ4n) is 2.11. The third kappa shape index (κ3) is 4.70. The number of nitro groups is 1. The van der Waals surface area contributed by atoms with Gasteiger partial charge >= 0.3 is 5.97 Å². The lowest BCUT2D eigenvalue weighted by Gasteiger charge is -2.14. The summed E-state index contributed by atoms with van der Waals surface area (Å²) in [5.41, 5.74) is 0.425. The molecule has 9 heteroatoms. The normalized spacial score (nSPS) is 11.3. The second kappa shape index (κ2) is 8.30. The number of anilines is 2. The minimum atomic E-state index is -1.11. The summed E-state index contributed by atoms with van der Waals surface area (Å²) in [6, 6.07) is 10.4. The molecule has 0 saturated carbocycles. The molecule has 0 heterocycles. The standard InChI is InChI=1S/C17H16ClN3O5/c1-10(16(22)20-13-5-3-4-12(18)9-13)26-17(23)11-6-7-14(19-2)15(8-11)21(24)25/h3-10,19H,1-2H3,(H,20,22). The fraction of sp³-hybridized carbons (Fsp3) is 0.176. The molecule has 0 spiro atoms. The van der Waals surface area contributed by atoms with Gasteiger partial charge < -0.3 is 15.4 Å². The van der Waals surface area contributed by atoms with Gasteiger partial charge in [-0.15, -0.1) is 0 Å². The highest BCUT2D eigenvalue weighted by atomic mass is 35.5. The number of carbonyl (C=O) groups is 2. The zero-order valence-electron chi connectivity index (χ0n) is 14.0. The van der Waals surface area contributed by atoms with E-state index in [0.29, 0.717) is 10.7 Å². The highest BCUT2D eigenvalue weighted by Crippen LogP contribution is 2.25. The van der Waals surface area contributed by atoms with Crippen LogP contribution in [0.25, 0.3) is 0 Å². The zero-order valence-corrected chi connectivity index (χ0v) is 14.7. The Morgan fingerprint density at radius 1 is 1.23 bits per heavy atom. The Kier molecular flexibility index (Phi) is 6.13. The highest BCUT2D eigenvalue weighted by Gasteiger charge is 2.22. The summed E-state index contributed by atoms with van der Waals surface area (Å²) in [6.45, 7) is 1.40. The van der Waals surface area contributed by atoms with Gasteiger partial charge in [-0.25, -0.2) is 4.79 Å². The molecule has 0 aliphatic heterocycles. The van der Waals surface area contributed by atoms with Crippen molar-refractivity contribution in [3.05, 3.63) is 63.2 Å². The number of rotatable bonds is 6. The van der Waals surface area contributed by atoms with Gasteiger partial charge in [0.1, 0.15) is 5.69 Å². The van der Waals surface area contributed by atoms with Gasteiger partial charge in [-0.3, -0.25) is 14.9 Å². The molecule has 1 atom stereocenters. The number of ether oxygens (including phenoxy) is 1. The topological polar surface area (TPSA) is 111 Å². The number of esters is 1. The molecule has 2 rings (SSSR count). The molecule has 0 saturated heterocycles. The van der Waals surface area contributed by atoms with Crippen LogP contribution in [-0.2, 0) is 9.53 Å². The summed E-state index contributed by atoms with van der Waals surface area (Å²) in [6.07, 6.45) is -1.11. The van der Waals surface area contributed by atoms with E-state index >= 15 is 0 Å². The molecule has 26 heavy (non-hydrogen) atoms. The van der Waals surface area contributed by atoms with Crippen LogP contribution in [0.4, 0.5) is 17.1 Å².